The lowest BCUT2D eigenvalue weighted by Crippen LogP contribution is -1.98. The summed E-state index contributed by atoms with van der Waals surface area (Å²) in [4.78, 5) is 0. The number of hydrogen-bond donors (Lipinski definition) is 0. The Labute approximate surface area is 87.0 Å². The summed E-state index contributed by atoms with van der Waals surface area (Å²) in [6.45, 7) is 6.42. The molecule has 0 N–H and O–H groups in total. The third-order valence-electron chi connectivity index (χ3n) is 1.70. The minimum Gasteiger partial charge on any atom is -0.0622 e. The lowest BCUT2D eigenvalue weighted by atomic mass is 9.96. The second kappa shape index (κ2) is 4.74. The van der Waals surface area contributed by atoms with Gasteiger partial charge in [-0.05, 0) is 26.3 Å². The fourth-order valence-electron chi connectivity index (χ4n) is 1.02. The molecule has 0 aliphatic rings. The van der Waals surface area contributed by atoms with E-state index in [2.05, 4.69) is 45.1 Å². The first-order valence-corrected chi connectivity index (χ1v) is 4.90. The molecule has 0 saturated carbocycles. The van der Waals surface area contributed by atoms with Crippen LogP contribution in [0.15, 0.2) is 42.5 Å². The van der Waals surface area contributed by atoms with Gasteiger partial charge in [-0.1, -0.05) is 30.3 Å². The average molecular weight is 185 g/mol. The van der Waals surface area contributed by atoms with Crippen molar-refractivity contribution in [1.82, 2.24) is 0 Å². The Hall–Kier alpha value is -1.39. The van der Waals surface area contributed by atoms with E-state index in [4.69, 9.17) is 0 Å². The third kappa shape index (κ3) is 4.59. The predicted octanol–water partition coefficient (Wildman–Crippen LogP) is 4.11. The molecule has 0 spiro atoms. The van der Waals surface area contributed by atoms with Crippen LogP contribution in [0.1, 0.15) is 26.3 Å². The van der Waals surface area contributed by atoms with Gasteiger partial charge in [0.2, 0.25) is 0 Å². The summed E-state index contributed by atoms with van der Waals surface area (Å²) in [5.74, 6) is 0. The largest absolute Gasteiger partial charge is 0.155 e. The highest BCUT2D eigenvalue weighted by atomic mass is 14.1. The summed E-state index contributed by atoms with van der Waals surface area (Å²) in [7, 11) is 0. The molecule has 0 atom stereocenters. The molecule has 1 aromatic rings. The molecule has 0 amide bonds. The van der Waals surface area contributed by atoms with E-state index < -0.39 is 0 Å². The van der Waals surface area contributed by atoms with Crippen LogP contribution in [0.5, 0.6) is 0 Å². The molecular weight excluding hydrogens is 168 g/mol. The van der Waals surface area contributed by atoms with Crippen molar-refractivity contribution in [3.63, 3.8) is 0 Å². The fourth-order valence-corrected chi connectivity index (χ4v) is 1.02. The smallest absolute Gasteiger partial charge is 0.0622 e. The minimum absolute atomic E-state index is 0.140. The Bertz CT molecular complexity index is 310. The van der Waals surface area contributed by atoms with Crippen LogP contribution in [0.2, 0.25) is 0 Å². The van der Waals surface area contributed by atoms with E-state index in [0.717, 1.165) is 0 Å². The van der Waals surface area contributed by atoms with Gasteiger partial charge in [-0.25, -0.2) is 0 Å². The monoisotopic (exact) mass is 185 g/mol. The summed E-state index contributed by atoms with van der Waals surface area (Å²) in [5.41, 5.74) is 1.36. The highest BCUT2D eigenvalue weighted by molar-refractivity contribution is 5.50. The van der Waals surface area contributed by atoms with E-state index in [-0.39, 0.29) is 5.41 Å². The maximum atomic E-state index is 3.28. The molecular formula is C14H17+. The lowest BCUT2D eigenvalue weighted by Gasteiger charge is -2.00. The van der Waals surface area contributed by atoms with Crippen molar-refractivity contribution in [3.05, 3.63) is 54.1 Å². The summed E-state index contributed by atoms with van der Waals surface area (Å²) < 4.78 is 0. The summed E-state index contributed by atoms with van der Waals surface area (Å²) in [6.07, 6.45) is 9.37. The van der Waals surface area contributed by atoms with Gasteiger partial charge in [0, 0.05) is 6.08 Å². The quantitative estimate of drug-likeness (QED) is 0.480. The van der Waals surface area contributed by atoms with Crippen molar-refractivity contribution in [2.75, 3.05) is 0 Å². The van der Waals surface area contributed by atoms with E-state index >= 15 is 0 Å². The van der Waals surface area contributed by atoms with E-state index in [1.807, 2.05) is 30.4 Å². The molecule has 0 aliphatic carbocycles. The second-order valence-electron chi connectivity index (χ2n) is 4.33. The van der Waals surface area contributed by atoms with Crippen LogP contribution in [0.25, 0.3) is 6.08 Å². The van der Waals surface area contributed by atoms with Gasteiger partial charge in [-0.2, -0.15) is 0 Å². The number of allylic oxidation sites excluding steroid dienone is 3. The molecule has 0 aromatic heterocycles. The Morgan fingerprint density at radius 1 is 1.07 bits per heavy atom. The molecule has 0 bridgehead atoms. The molecule has 14 heavy (non-hydrogen) atoms. The zero-order valence-electron chi connectivity index (χ0n) is 9.12. The molecule has 1 aromatic carbocycles. The Balaban J connectivity index is 2.54. The first-order valence-electron chi connectivity index (χ1n) is 4.90. The molecule has 0 nitrogen and oxygen atoms in total. The minimum atomic E-state index is 0.140. The first-order chi connectivity index (χ1) is 6.58. The van der Waals surface area contributed by atoms with Crippen LogP contribution in [-0.4, -0.2) is 0 Å². The average Bonchev–Trinajstić information content (AvgIpc) is 2.13. The zero-order valence-corrected chi connectivity index (χ0v) is 9.12. The van der Waals surface area contributed by atoms with Crippen LogP contribution in [0.3, 0.4) is 0 Å². The molecule has 1 rings (SSSR count). The molecule has 0 saturated heterocycles. The van der Waals surface area contributed by atoms with Gasteiger partial charge in [0.15, 0.2) is 6.08 Å². The second-order valence-corrected chi connectivity index (χ2v) is 4.33. The topological polar surface area (TPSA) is 0 Å². The van der Waals surface area contributed by atoms with Crippen LogP contribution in [-0.2, 0) is 0 Å². The zero-order chi connectivity index (χ0) is 10.4. The molecule has 0 unspecified atom stereocenters. The Morgan fingerprint density at radius 2 is 1.71 bits per heavy atom. The van der Waals surface area contributed by atoms with Crippen LogP contribution in [0, 0.1) is 11.5 Å². The lowest BCUT2D eigenvalue weighted by molar-refractivity contribution is 0.524. The normalized spacial score (nSPS) is 12.2. The van der Waals surface area contributed by atoms with Crippen molar-refractivity contribution >= 4 is 6.08 Å². The Kier molecular flexibility index (Phi) is 3.62. The molecule has 0 heterocycles. The van der Waals surface area contributed by atoms with Gasteiger partial charge in [0.05, 0.1) is 17.6 Å². The maximum Gasteiger partial charge on any atom is 0.155 e. The third-order valence-corrected chi connectivity index (χ3v) is 1.70. The van der Waals surface area contributed by atoms with Crippen molar-refractivity contribution < 1.29 is 0 Å². The predicted molar refractivity (Wildman–Crippen MR) is 62.7 cm³/mol. The molecule has 72 valence electrons. The number of benzene rings is 1. The van der Waals surface area contributed by atoms with Crippen molar-refractivity contribution in [1.29, 1.82) is 0 Å². The number of rotatable bonds is 2. The van der Waals surface area contributed by atoms with Crippen LogP contribution in [0.4, 0.5) is 0 Å². The van der Waals surface area contributed by atoms with Gasteiger partial charge in [-0.3, -0.25) is 0 Å². The van der Waals surface area contributed by atoms with E-state index in [0.29, 0.717) is 0 Å². The molecule has 0 aliphatic heterocycles. The van der Waals surface area contributed by atoms with E-state index in [9.17, 15) is 0 Å². The van der Waals surface area contributed by atoms with E-state index in [1.54, 1.807) is 0 Å². The maximum absolute atomic E-state index is 3.28. The van der Waals surface area contributed by atoms with E-state index in [1.165, 1.54) is 5.56 Å². The van der Waals surface area contributed by atoms with Crippen molar-refractivity contribution in [2.24, 2.45) is 5.41 Å². The highest BCUT2D eigenvalue weighted by Gasteiger charge is 2.11. The first kappa shape index (κ1) is 10.7. The van der Waals surface area contributed by atoms with Gasteiger partial charge in [0.1, 0.15) is 0 Å². The van der Waals surface area contributed by atoms with Crippen molar-refractivity contribution in [2.45, 2.75) is 20.8 Å². The number of hydrogen-bond acceptors (Lipinski definition) is 0. The van der Waals surface area contributed by atoms with Gasteiger partial charge >= 0.3 is 0 Å². The van der Waals surface area contributed by atoms with Gasteiger partial charge in [-0.15, -0.1) is 0 Å². The molecule has 0 fully saturated rings. The highest BCUT2D eigenvalue weighted by Crippen LogP contribution is 2.13. The fraction of sp³-hybridized carbons (Fsp3) is 0.286. The standard InChI is InChI=1S/C14H17/c1-14(2,3)12-8-7-11-13-9-5-4-6-10-13/h4-11H,1-3H3/q+1/b11-7-. The van der Waals surface area contributed by atoms with Crippen LogP contribution < -0.4 is 0 Å². The summed E-state index contributed by atoms with van der Waals surface area (Å²) in [6, 6.07) is 10.3. The SMILES string of the molecule is CC(C)(C)[C+]=C/C=C\c1ccccc1. The van der Waals surface area contributed by atoms with Crippen LogP contribution >= 0.6 is 0 Å². The molecule has 0 radical (unpaired) electrons. The molecule has 0 heteroatoms. The Morgan fingerprint density at radius 3 is 2.29 bits per heavy atom. The summed E-state index contributed by atoms with van der Waals surface area (Å²) in [5, 5.41) is 0. The van der Waals surface area contributed by atoms with Crippen molar-refractivity contribution in [3.8, 4) is 0 Å². The van der Waals surface area contributed by atoms with Gasteiger partial charge < -0.3 is 0 Å². The van der Waals surface area contributed by atoms with Gasteiger partial charge in [0.25, 0.3) is 0 Å². The summed E-state index contributed by atoms with van der Waals surface area (Å²) >= 11 is 0.